The second-order valence-electron chi connectivity index (χ2n) is 4.39. The molecule has 0 N–H and O–H groups in total. The third-order valence-corrected chi connectivity index (χ3v) is 3.20. The Labute approximate surface area is 107 Å². The minimum absolute atomic E-state index is 0.353. The Hall–Kier alpha value is -1.48. The molecular weight excluding hydrogens is 228 g/mol. The minimum Gasteiger partial charge on any atom is -0.321 e. The standard InChI is InChI=1S/C14H16N2S/c1-11(2)16-10-15-9-13(14(16)17)8-12-6-4-3-5-7-12/h3-7,9-11H,8H2,1-2H3. The van der Waals surface area contributed by atoms with Gasteiger partial charge in [-0.25, -0.2) is 4.98 Å². The fourth-order valence-electron chi connectivity index (χ4n) is 1.77. The highest BCUT2D eigenvalue weighted by Crippen LogP contribution is 2.12. The molecule has 0 atom stereocenters. The lowest BCUT2D eigenvalue weighted by Gasteiger charge is -2.12. The van der Waals surface area contributed by atoms with Crippen LogP contribution in [0.1, 0.15) is 31.0 Å². The van der Waals surface area contributed by atoms with Crippen LogP contribution in [0.3, 0.4) is 0 Å². The lowest BCUT2D eigenvalue weighted by molar-refractivity contribution is 0.574. The smallest absolute Gasteiger partial charge is 0.112 e. The molecule has 0 saturated carbocycles. The summed E-state index contributed by atoms with van der Waals surface area (Å²) < 4.78 is 2.92. The summed E-state index contributed by atoms with van der Waals surface area (Å²) in [5.74, 6) is 0. The molecule has 1 aromatic heterocycles. The van der Waals surface area contributed by atoms with Crippen molar-refractivity contribution in [3.05, 3.63) is 58.6 Å². The summed E-state index contributed by atoms with van der Waals surface area (Å²) in [7, 11) is 0. The van der Waals surface area contributed by atoms with Crippen LogP contribution in [0.5, 0.6) is 0 Å². The van der Waals surface area contributed by atoms with Gasteiger partial charge in [0.1, 0.15) is 4.64 Å². The van der Waals surface area contributed by atoms with Crippen LogP contribution in [0.25, 0.3) is 0 Å². The van der Waals surface area contributed by atoms with Crippen LogP contribution in [-0.2, 0) is 6.42 Å². The second-order valence-corrected chi connectivity index (χ2v) is 4.77. The molecule has 88 valence electrons. The zero-order valence-electron chi connectivity index (χ0n) is 10.1. The quantitative estimate of drug-likeness (QED) is 0.765. The summed E-state index contributed by atoms with van der Waals surface area (Å²) >= 11 is 5.49. The van der Waals surface area contributed by atoms with Gasteiger partial charge in [-0.2, -0.15) is 0 Å². The van der Waals surface area contributed by atoms with Crippen molar-refractivity contribution in [2.24, 2.45) is 0 Å². The highest BCUT2D eigenvalue weighted by molar-refractivity contribution is 7.71. The van der Waals surface area contributed by atoms with Crippen LogP contribution in [0.4, 0.5) is 0 Å². The number of aromatic nitrogens is 2. The summed E-state index contributed by atoms with van der Waals surface area (Å²) in [6.07, 6.45) is 4.52. The number of benzene rings is 1. The first-order chi connectivity index (χ1) is 8.18. The van der Waals surface area contributed by atoms with E-state index in [0.29, 0.717) is 6.04 Å². The molecule has 3 heteroatoms. The van der Waals surface area contributed by atoms with E-state index in [2.05, 4.69) is 31.0 Å². The third-order valence-electron chi connectivity index (χ3n) is 2.72. The topological polar surface area (TPSA) is 17.8 Å². The molecule has 0 aliphatic heterocycles. The van der Waals surface area contributed by atoms with Gasteiger partial charge in [-0.1, -0.05) is 42.5 Å². The van der Waals surface area contributed by atoms with Crippen molar-refractivity contribution in [2.45, 2.75) is 26.3 Å². The Morgan fingerprint density at radius 2 is 1.94 bits per heavy atom. The van der Waals surface area contributed by atoms with Crippen LogP contribution >= 0.6 is 12.2 Å². The maximum atomic E-state index is 5.49. The van der Waals surface area contributed by atoms with Crippen molar-refractivity contribution in [3.63, 3.8) is 0 Å². The van der Waals surface area contributed by atoms with Crippen LogP contribution in [0.2, 0.25) is 0 Å². The molecule has 0 bridgehead atoms. The van der Waals surface area contributed by atoms with E-state index in [1.165, 1.54) is 5.56 Å². The number of hydrogen-bond donors (Lipinski definition) is 0. The fraction of sp³-hybridized carbons (Fsp3) is 0.286. The van der Waals surface area contributed by atoms with Gasteiger partial charge in [0.2, 0.25) is 0 Å². The Morgan fingerprint density at radius 3 is 2.59 bits per heavy atom. The molecule has 1 aromatic carbocycles. The molecule has 0 aliphatic carbocycles. The summed E-state index contributed by atoms with van der Waals surface area (Å²) in [4.78, 5) is 4.26. The van der Waals surface area contributed by atoms with E-state index in [9.17, 15) is 0 Å². The summed E-state index contributed by atoms with van der Waals surface area (Å²) in [5, 5.41) is 0. The summed E-state index contributed by atoms with van der Waals surface area (Å²) in [6, 6.07) is 10.7. The molecule has 1 heterocycles. The van der Waals surface area contributed by atoms with E-state index in [4.69, 9.17) is 12.2 Å². The van der Waals surface area contributed by atoms with Gasteiger partial charge >= 0.3 is 0 Å². The van der Waals surface area contributed by atoms with Crippen LogP contribution in [-0.4, -0.2) is 9.55 Å². The van der Waals surface area contributed by atoms with Crippen LogP contribution in [0, 0.1) is 4.64 Å². The molecule has 2 nitrogen and oxygen atoms in total. The molecule has 0 aliphatic rings. The van der Waals surface area contributed by atoms with Gasteiger partial charge < -0.3 is 4.57 Å². The molecule has 2 rings (SSSR count). The van der Waals surface area contributed by atoms with E-state index in [0.717, 1.165) is 16.6 Å². The maximum absolute atomic E-state index is 5.49. The highest BCUT2D eigenvalue weighted by Gasteiger charge is 2.04. The van der Waals surface area contributed by atoms with Gasteiger partial charge in [-0.15, -0.1) is 0 Å². The lowest BCUT2D eigenvalue weighted by Crippen LogP contribution is -2.06. The van der Waals surface area contributed by atoms with Gasteiger partial charge in [0.25, 0.3) is 0 Å². The average Bonchev–Trinajstić information content (AvgIpc) is 2.33. The molecular formula is C14H16N2S. The van der Waals surface area contributed by atoms with Gasteiger partial charge in [-0.05, 0) is 19.4 Å². The summed E-state index contributed by atoms with van der Waals surface area (Å²) in [6.45, 7) is 4.23. The molecule has 0 fully saturated rings. The van der Waals surface area contributed by atoms with Crippen molar-refractivity contribution in [3.8, 4) is 0 Å². The molecule has 0 spiro atoms. The number of hydrogen-bond acceptors (Lipinski definition) is 2. The van der Waals surface area contributed by atoms with E-state index >= 15 is 0 Å². The fourth-order valence-corrected chi connectivity index (χ4v) is 2.16. The maximum Gasteiger partial charge on any atom is 0.112 e. The van der Waals surface area contributed by atoms with Crippen LogP contribution in [0.15, 0.2) is 42.9 Å². The Bertz CT molecular complexity index is 544. The molecule has 0 radical (unpaired) electrons. The second kappa shape index (κ2) is 5.23. The largest absolute Gasteiger partial charge is 0.321 e. The van der Waals surface area contributed by atoms with Crippen molar-refractivity contribution in [1.82, 2.24) is 9.55 Å². The van der Waals surface area contributed by atoms with Crippen molar-refractivity contribution < 1.29 is 0 Å². The molecule has 0 saturated heterocycles. The van der Waals surface area contributed by atoms with E-state index in [-0.39, 0.29) is 0 Å². The lowest BCUT2D eigenvalue weighted by atomic mass is 10.1. The average molecular weight is 244 g/mol. The highest BCUT2D eigenvalue weighted by atomic mass is 32.1. The number of rotatable bonds is 3. The zero-order valence-corrected chi connectivity index (χ0v) is 10.9. The third kappa shape index (κ3) is 2.80. The van der Waals surface area contributed by atoms with Crippen molar-refractivity contribution in [2.75, 3.05) is 0 Å². The van der Waals surface area contributed by atoms with Crippen molar-refractivity contribution >= 4 is 12.2 Å². The molecule has 0 amide bonds. The normalized spacial score (nSPS) is 10.8. The van der Waals surface area contributed by atoms with E-state index in [1.54, 1.807) is 0 Å². The predicted octanol–water partition coefficient (Wildman–Crippen LogP) is 3.78. The van der Waals surface area contributed by atoms with E-state index in [1.807, 2.05) is 35.3 Å². The zero-order chi connectivity index (χ0) is 12.3. The van der Waals surface area contributed by atoms with Crippen LogP contribution < -0.4 is 0 Å². The monoisotopic (exact) mass is 244 g/mol. The molecule has 0 unspecified atom stereocenters. The Kier molecular flexibility index (Phi) is 3.69. The SMILES string of the molecule is CC(C)n1cncc(Cc2ccccc2)c1=S. The van der Waals surface area contributed by atoms with Gasteiger partial charge in [-0.3, -0.25) is 0 Å². The van der Waals surface area contributed by atoms with Gasteiger partial charge in [0, 0.05) is 24.2 Å². The van der Waals surface area contributed by atoms with Crippen molar-refractivity contribution in [1.29, 1.82) is 0 Å². The first-order valence-corrected chi connectivity index (χ1v) is 6.18. The number of nitrogens with zero attached hydrogens (tertiary/aromatic N) is 2. The molecule has 2 aromatic rings. The summed E-state index contributed by atoms with van der Waals surface area (Å²) in [5.41, 5.74) is 2.38. The Morgan fingerprint density at radius 1 is 1.24 bits per heavy atom. The van der Waals surface area contributed by atoms with Gasteiger partial charge in [0.05, 0.1) is 6.33 Å². The van der Waals surface area contributed by atoms with E-state index < -0.39 is 0 Å². The first-order valence-electron chi connectivity index (χ1n) is 5.77. The molecule has 17 heavy (non-hydrogen) atoms. The first kappa shape index (κ1) is 12.0. The minimum atomic E-state index is 0.353. The van der Waals surface area contributed by atoms with Gasteiger partial charge in [0.15, 0.2) is 0 Å². The predicted molar refractivity (Wildman–Crippen MR) is 72.7 cm³/mol. The Balaban J connectivity index is 2.35.